The standard InChI is InChI=1S/C25H34O6/c1-2-3-4-5-6-7-8-9-10-11-12-14-21-15-13-16-22(17-21)18-23(19-30-24(26)27)20-31-25(28)29/h13,15-18H,2-11,19-20H2,1H3,(H,26,27)(H,28,29). The van der Waals surface area contributed by atoms with Gasteiger partial charge in [0.05, 0.1) is 0 Å². The average Bonchev–Trinajstić information content (AvgIpc) is 2.74. The number of carbonyl (C=O) groups is 2. The Labute approximate surface area is 185 Å². The summed E-state index contributed by atoms with van der Waals surface area (Å²) in [5.41, 5.74) is 2.01. The molecule has 0 amide bonds. The molecule has 0 aromatic heterocycles. The van der Waals surface area contributed by atoms with Crippen LogP contribution in [0.15, 0.2) is 29.8 Å². The molecule has 0 saturated carbocycles. The lowest BCUT2D eigenvalue weighted by Crippen LogP contribution is -2.11. The summed E-state index contributed by atoms with van der Waals surface area (Å²) in [6.45, 7) is 1.70. The summed E-state index contributed by atoms with van der Waals surface area (Å²) in [7, 11) is 0. The number of carboxylic acid groups (broad SMARTS) is 2. The zero-order chi connectivity index (χ0) is 22.7. The highest BCUT2D eigenvalue weighted by Crippen LogP contribution is 2.12. The normalized spacial score (nSPS) is 9.97. The minimum atomic E-state index is -1.43. The van der Waals surface area contributed by atoms with E-state index in [1.54, 1.807) is 6.08 Å². The Morgan fingerprint density at radius 2 is 1.48 bits per heavy atom. The summed E-state index contributed by atoms with van der Waals surface area (Å²) in [5, 5.41) is 17.3. The van der Waals surface area contributed by atoms with Crippen molar-refractivity contribution in [1.82, 2.24) is 0 Å². The second-order valence-electron chi connectivity index (χ2n) is 7.42. The molecule has 6 heteroatoms. The molecule has 1 aromatic carbocycles. The fourth-order valence-corrected chi connectivity index (χ4v) is 3.06. The first kappa shape index (κ1) is 26.1. The molecule has 0 bridgehead atoms. The maximum absolute atomic E-state index is 10.6. The largest absolute Gasteiger partial charge is 0.506 e. The molecule has 0 aliphatic heterocycles. The summed E-state index contributed by atoms with van der Waals surface area (Å²) in [6, 6.07) is 7.45. The van der Waals surface area contributed by atoms with Crippen LogP contribution in [0, 0.1) is 11.8 Å². The van der Waals surface area contributed by atoms with E-state index in [4.69, 9.17) is 10.2 Å². The van der Waals surface area contributed by atoms with Crippen LogP contribution in [0.4, 0.5) is 9.59 Å². The number of rotatable bonds is 14. The zero-order valence-electron chi connectivity index (χ0n) is 18.4. The van der Waals surface area contributed by atoms with Crippen LogP contribution in [0.1, 0.15) is 82.3 Å². The second-order valence-corrected chi connectivity index (χ2v) is 7.42. The molecule has 0 spiro atoms. The lowest BCUT2D eigenvalue weighted by Gasteiger charge is -2.07. The fourth-order valence-electron chi connectivity index (χ4n) is 3.06. The van der Waals surface area contributed by atoms with Crippen LogP contribution >= 0.6 is 0 Å². The second kappa shape index (κ2) is 16.8. The Kier molecular flexibility index (Phi) is 14.2. The first-order valence-corrected chi connectivity index (χ1v) is 11.0. The van der Waals surface area contributed by atoms with Crippen molar-refractivity contribution in [2.75, 3.05) is 13.2 Å². The molecule has 0 radical (unpaired) electrons. The Morgan fingerprint density at radius 3 is 2.06 bits per heavy atom. The van der Waals surface area contributed by atoms with Crippen molar-refractivity contribution in [3.8, 4) is 11.8 Å². The van der Waals surface area contributed by atoms with Gasteiger partial charge in [0, 0.05) is 17.6 Å². The van der Waals surface area contributed by atoms with Gasteiger partial charge in [-0.1, -0.05) is 82.3 Å². The molecule has 1 rings (SSSR count). The molecule has 0 aliphatic carbocycles. The summed E-state index contributed by atoms with van der Waals surface area (Å²) in [6.07, 6.45) is 11.2. The van der Waals surface area contributed by atoms with Crippen molar-refractivity contribution in [3.05, 3.63) is 41.0 Å². The van der Waals surface area contributed by atoms with Gasteiger partial charge >= 0.3 is 12.3 Å². The van der Waals surface area contributed by atoms with Gasteiger partial charge in [0.2, 0.25) is 0 Å². The van der Waals surface area contributed by atoms with E-state index in [1.165, 1.54) is 51.4 Å². The highest BCUT2D eigenvalue weighted by Gasteiger charge is 2.06. The molecule has 0 atom stereocenters. The zero-order valence-corrected chi connectivity index (χ0v) is 18.4. The molecule has 0 unspecified atom stereocenters. The fraction of sp³-hybridized carbons (Fsp3) is 0.520. The Hall–Kier alpha value is -2.94. The molecular formula is C25H34O6. The van der Waals surface area contributed by atoms with Gasteiger partial charge in [-0.3, -0.25) is 0 Å². The van der Waals surface area contributed by atoms with Gasteiger partial charge in [0.1, 0.15) is 13.2 Å². The maximum atomic E-state index is 10.6. The lowest BCUT2D eigenvalue weighted by atomic mass is 10.1. The van der Waals surface area contributed by atoms with Gasteiger partial charge in [-0.2, -0.15) is 0 Å². The smallest absolute Gasteiger partial charge is 0.450 e. The topological polar surface area (TPSA) is 93.1 Å². The predicted molar refractivity (Wildman–Crippen MR) is 121 cm³/mol. The predicted octanol–water partition coefficient (Wildman–Crippen LogP) is 6.73. The first-order chi connectivity index (χ1) is 15.0. The summed E-state index contributed by atoms with van der Waals surface area (Å²) < 4.78 is 9.06. The highest BCUT2D eigenvalue weighted by atomic mass is 16.7. The van der Waals surface area contributed by atoms with Gasteiger partial charge in [0.25, 0.3) is 0 Å². The van der Waals surface area contributed by atoms with Crippen LogP contribution in [-0.2, 0) is 9.47 Å². The number of hydrogen-bond donors (Lipinski definition) is 2. The Morgan fingerprint density at radius 1 is 0.903 bits per heavy atom. The van der Waals surface area contributed by atoms with E-state index in [0.717, 1.165) is 24.0 Å². The van der Waals surface area contributed by atoms with Gasteiger partial charge < -0.3 is 19.7 Å². The quantitative estimate of drug-likeness (QED) is 0.193. The Bertz CT molecular complexity index is 737. The van der Waals surface area contributed by atoms with E-state index in [9.17, 15) is 9.59 Å². The molecule has 0 aliphatic rings. The van der Waals surface area contributed by atoms with Gasteiger partial charge in [-0.15, -0.1) is 0 Å². The van der Waals surface area contributed by atoms with Crippen molar-refractivity contribution in [3.63, 3.8) is 0 Å². The van der Waals surface area contributed by atoms with Gasteiger partial charge in [-0.05, 0) is 30.2 Å². The van der Waals surface area contributed by atoms with Crippen molar-refractivity contribution in [1.29, 1.82) is 0 Å². The number of ether oxygens (including phenoxy) is 2. The van der Waals surface area contributed by atoms with Crippen molar-refractivity contribution in [2.45, 2.75) is 71.1 Å². The number of unbranched alkanes of at least 4 members (excludes halogenated alkanes) is 9. The molecular weight excluding hydrogens is 396 g/mol. The number of hydrogen-bond acceptors (Lipinski definition) is 4. The summed E-state index contributed by atoms with van der Waals surface area (Å²) in [5.74, 6) is 6.36. The van der Waals surface area contributed by atoms with Crippen molar-refractivity contribution >= 4 is 18.4 Å². The van der Waals surface area contributed by atoms with Crippen LogP contribution in [0.3, 0.4) is 0 Å². The van der Waals surface area contributed by atoms with Crippen molar-refractivity contribution < 1.29 is 29.3 Å². The third kappa shape index (κ3) is 14.6. The Balaban J connectivity index is 2.48. The monoisotopic (exact) mass is 430 g/mol. The van der Waals surface area contributed by atoms with E-state index >= 15 is 0 Å². The van der Waals surface area contributed by atoms with Crippen LogP contribution < -0.4 is 0 Å². The lowest BCUT2D eigenvalue weighted by molar-refractivity contribution is 0.0862. The van der Waals surface area contributed by atoms with Crippen LogP contribution in [0.25, 0.3) is 6.08 Å². The average molecular weight is 431 g/mol. The van der Waals surface area contributed by atoms with Gasteiger partial charge in [0.15, 0.2) is 0 Å². The molecule has 0 fully saturated rings. The van der Waals surface area contributed by atoms with E-state index < -0.39 is 12.3 Å². The molecule has 0 heterocycles. The van der Waals surface area contributed by atoms with Crippen LogP contribution in [0.2, 0.25) is 0 Å². The molecule has 6 nitrogen and oxygen atoms in total. The minimum Gasteiger partial charge on any atom is -0.450 e. The minimum absolute atomic E-state index is 0.267. The first-order valence-electron chi connectivity index (χ1n) is 11.0. The molecule has 1 aromatic rings. The molecule has 0 saturated heterocycles. The van der Waals surface area contributed by atoms with Crippen LogP contribution in [-0.4, -0.2) is 35.7 Å². The van der Waals surface area contributed by atoms with Crippen molar-refractivity contribution in [2.24, 2.45) is 0 Å². The number of benzene rings is 1. The molecule has 2 N–H and O–H groups in total. The highest BCUT2D eigenvalue weighted by molar-refractivity contribution is 5.61. The van der Waals surface area contributed by atoms with Crippen LogP contribution in [0.5, 0.6) is 0 Å². The summed E-state index contributed by atoms with van der Waals surface area (Å²) in [4.78, 5) is 21.2. The molecule has 170 valence electrons. The van der Waals surface area contributed by atoms with E-state index in [2.05, 4.69) is 28.2 Å². The SMILES string of the molecule is CCCCCCCCCCCC#Cc1cccc(C=C(COC(=O)O)COC(=O)O)c1. The van der Waals surface area contributed by atoms with E-state index in [0.29, 0.717) is 5.57 Å². The molecule has 31 heavy (non-hydrogen) atoms. The summed E-state index contributed by atoms with van der Waals surface area (Å²) >= 11 is 0. The van der Waals surface area contributed by atoms with E-state index in [-0.39, 0.29) is 13.2 Å². The van der Waals surface area contributed by atoms with Gasteiger partial charge in [-0.25, -0.2) is 9.59 Å². The maximum Gasteiger partial charge on any atom is 0.506 e. The third-order valence-corrected chi connectivity index (χ3v) is 4.66. The van der Waals surface area contributed by atoms with E-state index in [1.807, 2.05) is 24.3 Å². The third-order valence-electron chi connectivity index (χ3n) is 4.66.